The Labute approximate surface area is 201 Å². The highest BCUT2D eigenvalue weighted by atomic mass is 35.5. The number of fused-ring (bicyclic) bond motifs is 1. The number of aromatic nitrogens is 3. The zero-order valence-electron chi connectivity index (χ0n) is 18.3. The maximum absolute atomic E-state index is 12.7. The van der Waals surface area contributed by atoms with Gasteiger partial charge in [0, 0.05) is 41.0 Å². The van der Waals surface area contributed by atoms with Crippen LogP contribution in [0.1, 0.15) is 58.7 Å². The number of carbonyl (C=O) groups is 2. The van der Waals surface area contributed by atoms with Crippen molar-refractivity contribution in [3.05, 3.63) is 46.8 Å². The summed E-state index contributed by atoms with van der Waals surface area (Å²) in [5.41, 5.74) is 1.24. The first-order valence-electron chi connectivity index (χ1n) is 11.1. The van der Waals surface area contributed by atoms with E-state index in [1.165, 1.54) is 0 Å². The predicted molar refractivity (Wildman–Crippen MR) is 117 cm³/mol. The van der Waals surface area contributed by atoms with E-state index in [0.717, 1.165) is 10.9 Å². The average molecular weight is 512 g/mol. The number of nitrogens with one attached hydrogen (secondary N) is 2. The Morgan fingerprint density at radius 3 is 2.63 bits per heavy atom. The average Bonchev–Trinajstić information content (AvgIpc) is 3.42. The molecular formula is C22H21ClF3N5O4. The fourth-order valence-corrected chi connectivity index (χ4v) is 4.57. The van der Waals surface area contributed by atoms with Crippen LogP contribution in [0.2, 0.25) is 5.02 Å². The molecule has 5 rings (SSSR count). The van der Waals surface area contributed by atoms with Crippen LogP contribution >= 0.6 is 11.6 Å². The van der Waals surface area contributed by atoms with E-state index >= 15 is 0 Å². The molecule has 0 spiro atoms. The van der Waals surface area contributed by atoms with Gasteiger partial charge in [-0.3, -0.25) is 14.3 Å². The lowest BCUT2D eigenvalue weighted by molar-refractivity contribution is -0.352. The molecule has 2 N–H and O–H groups in total. The predicted octanol–water partition coefficient (Wildman–Crippen LogP) is 4.02. The Morgan fingerprint density at radius 1 is 1.17 bits per heavy atom. The molecule has 1 aliphatic carbocycles. The summed E-state index contributed by atoms with van der Waals surface area (Å²) in [7, 11) is 0. The number of nitrogens with zero attached hydrogens (tertiary/aromatic N) is 3. The molecule has 0 unspecified atom stereocenters. The molecule has 0 atom stereocenters. The topological polar surface area (TPSA) is 113 Å². The molecule has 1 saturated carbocycles. The van der Waals surface area contributed by atoms with Crippen molar-refractivity contribution < 1.29 is 31.9 Å². The van der Waals surface area contributed by atoms with E-state index in [0.29, 0.717) is 36.6 Å². The molecule has 1 saturated heterocycles. The van der Waals surface area contributed by atoms with Crippen LogP contribution in [0.25, 0.3) is 10.9 Å². The first-order valence-corrected chi connectivity index (χ1v) is 11.5. The molecule has 1 aliphatic heterocycles. The molecule has 1 aromatic carbocycles. The monoisotopic (exact) mass is 511 g/mol. The van der Waals surface area contributed by atoms with Crippen molar-refractivity contribution in [2.45, 2.75) is 50.1 Å². The van der Waals surface area contributed by atoms with Crippen LogP contribution in [0, 0.1) is 0 Å². The van der Waals surface area contributed by atoms with E-state index in [1.54, 1.807) is 29.2 Å². The van der Waals surface area contributed by atoms with Crippen molar-refractivity contribution in [1.29, 1.82) is 0 Å². The zero-order valence-corrected chi connectivity index (χ0v) is 19.0. The Balaban J connectivity index is 1.11. The van der Waals surface area contributed by atoms with Crippen molar-refractivity contribution >= 4 is 34.3 Å². The molecule has 2 aromatic heterocycles. The minimum Gasteiger partial charge on any atom is -0.417 e. The quantitative estimate of drug-likeness (QED) is 0.535. The van der Waals surface area contributed by atoms with E-state index in [2.05, 4.69) is 25.2 Å². The number of alkyl halides is 3. The van der Waals surface area contributed by atoms with Crippen LogP contribution in [-0.4, -0.2) is 63.5 Å². The van der Waals surface area contributed by atoms with Crippen molar-refractivity contribution in [3.63, 3.8) is 0 Å². The van der Waals surface area contributed by atoms with E-state index < -0.39 is 18.4 Å². The number of carbonyl (C=O) groups excluding carboxylic acids is 2. The SMILES string of the molecule is O=C(NC1CCN(C(=O)c2nnc(C3CC(OC(F)(F)F)C3)o2)CC1)c1cc2cc(Cl)ccc2[nH]1. The van der Waals surface area contributed by atoms with Crippen molar-refractivity contribution in [2.24, 2.45) is 0 Å². The summed E-state index contributed by atoms with van der Waals surface area (Å²) in [4.78, 5) is 30.0. The van der Waals surface area contributed by atoms with E-state index in [1.807, 2.05) is 0 Å². The third kappa shape index (κ3) is 5.27. The van der Waals surface area contributed by atoms with Crippen LogP contribution in [-0.2, 0) is 4.74 Å². The fraction of sp³-hybridized carbons (Fsp3) is 0.455. The smallest absolute Gasteiger partial charge is 0.417 e. The molecule has 0 bridgehead atoms. The number of benzene rings is 1. The first-order chi connectivity index (χ1) is 16.6. The minimum atomic E-state index is -4.68. The van der Waals surface area contributed by atoms with Crippen LogP contribution in [0.15, 0.2) is 28.7 Å². The van der Waals surface area contributed by atoms with Gasteiger partial charge in [-0.1, -0.05) is 11.6 Å². The van der Waals surface area contributed by atoms with Gasteiger partial charge in [0.1, 0.15) is 5.69 Å². The molecule has 0 radical (unpaired) electrons. The summed E-state index contributed by atoms with van der Waals surface area (Å²) in [5.74, 6) is -1.10. The van der Waals surface area contributed by atoms with Gasteiger partial charge in [-0.15, -0.1) is 23.4 Å². The van der Waals surface area contributed by atoms with Gasteiger partial charge in [-0.2, -0.15) is 0 Å². The van der Waals surface area contributed by atoms with Crippen molar-refractivity contribution in [3.8, 4) is 0 Å². The summed E-state index contributed by atoms with van der Waals surface area (Å²) >= 11 is 6.00. The van der Waals surface area contributed by atoms with Crippen LogP contribution in [0.4, 0.5) is 13.2 Å². The molecule has 3 aromatic rings. The second-order valence-corrected chi connectivity index (χ2v) is 9.19. The summed E-state index contributed by atoms with van der Waals surface area (Å²) < 4.78 is 46.2. The van der Waals surface area contributed by atoms with Crippen LogP contribution in [0.3, 0.4) is 0 Å². The lowest BCUT2D eigenvalue weighted by Gasteiger charge is -2.33. The molecular weight excluding hydrogens is 491 g/mol. The summed E-state index contributed by atoms with van der Waals surface area (Å²) in [6.45, 7) is 0.767. The maximum atomic E-state index is 12.7. The number of amides is 2. The van der Waals surface area contributed by atoms with Crippen molar-refractivity contribution in [1.82, 2.24) is 25.4 Å². The van der Waals surface area contributed by atoms with Gasteiger partial charge >= 0.3 is 18.2 Å². The van der Waals surface area contributed by atoms with E-state index in [4.69, 9.17) is 16.0 Å². The van der Waals surface area contributed by atoms with Crippen molar-refractivity contribution in [2.75, 3.05) is 13.1 Å². The molecule has 186 valence electrons. The maximum Gasteiger partial charge on any atom is 0.522 e. The third-order valence-corrected chi connectivity index (χ3v) is 6.55. The number of rotatable bonds is 5. The molecule has 3 heterocycles. The van der Waals surface area contributed by atoms with Gasteiger partial charge in [0.25, 0.3) is 5.91 Å². The third-order valence-electron chi connectivity index (χ3n) is 6.31. The minimum absolute atomic E-state index is 0.101. The van der Waals surface area contributed by atoms with E-state index in [9.17, 15) is 22.8 Å². The Bertz CT molecular complexity index is 1250. The summed E-state index contributed by atoms with van der Waals surface area (Å²) in [6, 6.07) is 6.95. The van der Waals surface area contributed by atoms with Gasteiger partial charge in [-0.25, -0.2) is 0 Å². The second-order valence-electron chi connectivity index (χ2n) is 8.75. The van der Waals surface area contributed by atoms with Gasteiger partial charge in [0.2, 0.25) is 5.89 Å². The highest BCUT2D eigenvalue weighted by Crippen LogP contribution is 2.40. The summed E-state index contributed by atoms with van der Waals surface area (Å²) in [5, 5.41) is 12.0. The van der Waals surface area contributed by atoms with Crippen LogP contribution in [0.5, 0.6) is 0 Å². The Morgan fingerprint density at radius 2 is 1.91 bits per heavy atom. The standard InChI is InChI=1S/C22H21ClF3N5O4/c23-13-1-2-16-11(7-13)10-17(28-16)18(32)27-14-3-5-31(6-4-14)21(33)20-30-29-19(34-20)12-8-15(9-12)35-22(24,25)26/h1-2,7,10,12,14-15,28H,3-6,8-9H2,(H,27,32). The summed E-state index contributed by atoms with van der Waals surface area (Å²) in [6.07, 6.45) is -4.33. The number of H-pyrrole nitrogens is 1. The number of halogens is 4. The number of aromatic amines is 1. The normalized spacial score (nSPS) is 21.2. The van der Waals surface area contributed by atoms with E-state index in [-0.39, 0.29) is 42.5 Å². The van der Waals surface area contributed by atoms with Gasteiger partial charge < -0.3 is 19.6 Å². The first kappa shape index (κ1) is 23.6. The van der Waals surface area contributed by atoms with Gasteiger partial charge in [-0.05, 0) is 49.9 Å². The molecule has 9 nitrogen and oxygen atoms in total. The number of piperidine rings is 1. The fourth-order valence-electron chi connectivity index (χ4n) is 4.39. The molecule has 2 amide bonds. The Kier molecular flexibility index (Phi) is 6.18. The molecule has 2 fully saturated rings. The number of ether oxygens (including phenoxy) is 1. The highest BCUT2D eigenvalue weighted by Gasteiger charge is 2.43. The lowest BCUT2D eigenvalue weighted by atomic mass is 9.82. The van der Waals surface area contributed by atoms with Gasteiger partial charge in [0.15, 0.2) is 0 Å². The molecule has 35 heavy (non-hydrogen) atoms. The number of likely N-dealkylation sites (tertiary alicyclic amines) is 1. The Hall–Kier alpha value is -3.12. The largest absolute Gasteiger partial charge is 0.522 e. The molecule has 2 aliphatic rings. The van der Waals surface area contributed by atoms with Crippen LogP contribution < -0.4 is 5.32 Å². The lowest BCUT2D eigenvalue weighted by Crippen LogP contribution is -2.46. The zero-order chi connectivity index (χ0) is 24.7. The molecule has 13 heteroatoms. The number of hydrogen-bond donors (Lipinski definition) is 2. The highest BCUT2D eigenvalue weighted by molar-refractivity contribution is 6.31. The van der Waals surface area contributed by atoms with Gasteiger partial charge in [0.05, 0.1) is 6.10 Å². The second kappa shape index (κ2) is 9.15. The number of hydrogen-bond acceptors (Lipinski definition) is 6.